The van der Waals surface area contributed by atoms with Gasteiger partial charge in [0.2, 0.25) is 5.13 Å². The number of hydrogen-bond acceptors (Lipinski definition) is 7. The van der Waals surface area contributed by atoms with Gasteiger partial charge < -0.3 is 5.32 Å². The number of anilines is 1. The van der Waals surface area contributed by atoms with E-state index in [1.807, 2.05) is 0 Å². The van der Waals surface area contributed by atoms with Crippen molar-refractivity contribution in [2.75, 3.05) is 25.0 Å². The maximum Gasteiger partial charge on any atom is 0.266 e. The van der Waals surface area contributed by atoms with Crippen molar-refractivity contribution in [1.29, 1.82) is 0 Å². The molecule has 2 aromatic rings. The van der Waals surface area contributed by atoms with Crippen LogP contribution in [0.1, 0.15) is 19.3 Å². The zero-order chi connectivity index (χ0) is 15.2. The molecule has 0 saturated carbocycles. The summed E-state index contributed by atoms with van der Waals surface area (Å²) in [4.78, 5) is 14.2. The Morgan fingerprint density at radius 3 is 3.14 bits per heavy atom. The molecule has 0 radical (unpaired) electrons. The second-order valence-electron chi connectivity index (χ2n) is 5.40. The van der Waals surface area contributed by atoms with E-state index >= 15 is 0 Å². The highest BCUT2D eigenvalue weighted by molar-refractivity contribution is 7.13. The summed E-state index contributed by atoms with van der Waals surface area (Å²) >= 11 is 1.52. The number of rotatable bonds is 6. The molecule has 8 heteroatoms. The van der Waals surface area contributed by atoms with Gasteiger partial charge >= 0.3 is 0 Å². The van der Waals surface area contributed by atoms with Crippen LogP contribution in [0.3, 0.4) is 0 Å². The first kappa shape index (κ1) is 15.1. The van der Waals surface area contributed by atoms with Gasteiger partial charge in [0.1, 0.15) is 5.51 Å². The highest BCUT2D eigenvalue weighted by Crippen LogP contribution is 2.18. The van der Waals surface area contributed by atoms with Gasteiger partial charge in [0.15, 0.2) is 0 Å². The van der Waals surface area contributed by atoms with Crippen LogP contribution < -0.4 is 10.9 Å². The van der Waals surface area contributed by atoms with Gasteiger partial charge in [-0.05, 0) is 25.5 Å². The SMILES string of the molecule is O=c1cccnn1CCN1CCCCC1CNc1nncs1. The van der Waals surface area contributed by atoms with Gasteiger partial charge in [0.05, 0.1) is 6.54 Å². The highest BCUT2D eigenvalue weighted by atomic mass is 32.1. The van der Waals surface area contributed by atoms with E-state index < -0.39 is 0 Å². The number of aromatic nitrogens is 4. The molecule has 3 heterocycles. The molecule has 1 saturated heterocycles. The predicted molar refractivity (Wildman–Crippen MR) is 86.1 cm³/mol. The summed E-state index contributed by atoms with van der Waals surface area (Å²) in [6.07, 6.45) is 5.30. The molecule has 1 aliphatic rings. The quantitative estimate of drug-likeness (QED) is 0.858. The molecule has 3 rings (SSSR count). The fourth-order valence-corrected chi connectivity index (χ4v) is 3.27. The second-order valence-corrected chi connectivity index (χ2v) is 6.23. The van der Waals surface area contributed by atoms with Crippen LogP contribution in [0.15, 0.2) is 28.6 Å². The van der Waals surface area contributed by atoms with E-state index in [-0.39, 0.29) is 5.56 Å². The van der Waals surface area contributed by atoms with E-state index in [0.717, 1.165) is 24.8 Å². The Morgan fingerprint density at radius 1 is 1.36 bits per heavy atom. The first-order chi connectivity index (χ1) is 10.8. The topological polar surface area (TPSA) is 75.9 Å². The van der Waals surface area contributed by atoms with E-state index in [1.54, 1.807) is 23.8 Å². The largest absolute Gasteiger partial charge is 0.359 e. The molecule has 1 atom stereocenters. The maximum atomic E-state index is 11.7. The predicted octanol–water partition coefficient (Wildman–Crippen LogP) is 1.06. The van der Waals surface area contributed by atoms with Crippen LogP contribution in [0.2, 0.25) is 0 Å². The van der Waals surface area contributed by atoms with Crippen LogP contribution in [-0.4, -0.2) is 50.6 Å². The van der Waals surface area contributed by atoms with Crippen molar-refractivity contribution in [2.24, 2.45) is 0 Å². The van der Waals surface area contributed by atoms with Crippen molar-refractivity contribution in [1.82, 2.24) is 24.9 Å². The van der Waals surface area contributed by atoms with Gasteiger partial charge in [-0.3, -0.25) is 9.69 Å². The van der Waals surface area contributed by atoms with Gasteiger partial charge in [0, 0.05) is 31.4 Å². The molecular weight excluding hydrogens is 300 g/mol. The third-order valence-corrected chi connectivity index (χ3v) is 4.63. The average Bonchev–Trinajstić information content (AvgIpc) is 3.06. The maximum absolute atomic E-state index is 11.7. The zero-order valence-corrected chi connectivity index (χ0v) is 13.2. The standard InChI is InChI=1S/C14H20N6OS/c21-13-5-3-6-17-20(13)9-8-19-7-2-1-4-12(19)10-15-14-18-16-11-22-14/h3,5-6,11-12H,1-2,4,7-10H2,(H,15,18). The number of nitrogens with one attached hydrogen (secondary N) is 1. The van der Waals surface area contributed by atoms with Crippen LogP contribution in [0, 0.1) is 0 Å². The minimum Gasteiger partial charge on any atom is -0.359 e. The lowest BCUT2D eigenvalue weighted by atomic mass is 10.0. The van der Waals surface area contributed by atoms with Crippen LogP contribution in [-0.2, 0) is 6.54 Å². The Labute approximate surface area is 133 Å². The Kier molecular flexibility index (Phi) is 5.12. The number of likely N-dealkylation sites (tertiary alicyclic amines) is 1. The smallest absolute Gasteiger partial charge is 0.266 e. The van der Waals surface area contributed by atoms with Crippen LogP contribution in [0.5, 0.6) is 0 Å². The monoisotopic (exact) mass is 320 g/mol. The molecule has 0 aromatic carbocycles. The van der Waals surface area contributed by atoms with Gasteiger partial charge in [-0.1, -0.05) is 17.8 Å². The van der Waals surface area contributed by atoms with E-state index in [4.69, 9.17) is 0 Å². The summed E-state index contributed by atoms with van der Waals surface area (Å²) in [5, 5.41) is 16.2. The van der Waals surface area contributed by atoms with Crippen LogP contribution >= 0.6 is 11.3 Å². The molecule has 1 unspecified atom stereocenters. The molecule has 2 aromatic heterocycles. The minimum atomic E-state index is -0.0388. The molecule has 0 aliphatic carbocycles. The van der Waals surface area contributed by atoms with E-state index in [0.29, 0.717) is 12.6 Å². The number of hydrogen-bond donors (Lipinski definition) is 1. The van der Waals surface area contributed by atoms with Crippen molar-refractivity contribution in [3.05, 3.63) is 34.2 Å². The van der Waals surface area contributed by atoms with Crippen LogP contribution in [0.25, 0.3) is 0 Å². The zero-order valence-electron chi connectivity index (χ0n) is 12.4. The van der Waals surface area contributed by atoms with E-state index in [1.165, 1.54) is 35.3 Å². The molecular formula is C14H20N6OS. The Bertz CT molecular complexity index is 628. The summed E-state index contributed by atoms with van der Waals surface area (Å²) in [6.45, 7) is 3.42. The summed E-state index contributed by atoms with van der Waals surface area (Å²) in [5.74, 6) is 0. The lowest BCUT2D eigenvalue weighted by molar-refractivity contribution is 0.148. The summed E-state index contributed by atoms with van der Waals surface area (Å²) in [6, 6.07) is 3.70. The van der Waals surface area contributed by atoms with Crippen LogP contribution in [0.4, 0.5) is 5.13 Å². The van der Waals surface area contributed by atoms with Gasteiger partial charge in [-0.15, -0.1) is 10.2 Å². The lowest BCUT2D eigenvalue weighted by Gasteiger charge is -2.35. The van der Waals surface area contributed by atoms with Crippen molar-refractivity contribution in [3.63, 3.8) is 0 Å². The third kappa shape index (κ3) is 3.89. The minimum absolute atomic E-state index is 0.0388. The lowest BCUT2D eigenvalue weighted by Crippen LogP contribution is -2.45. The number of piperidine rings is 1. The molecule has 1 fully saturated rings. The fourth-order valence-electron chi connectivity index (χ4n) is 2.82. The van der Waals surface area contributed by atoms with Crippen molar-refractivity contribution in [2.45, 2.75) is 31.8 Å². The Balaban J connectivity index is 1.55. The molecule has 1 aliphatic heterocycles. The summed E-state index contributed by atoms with van der Waals surface area (Å²) < 4.78 is 1.53. The van der Waals surface area contributed by atoms with Crippen molar-refractivity contribution in [3.8, 4) is 0 Å². The summed E-state index contributed by atoms with van der Waals surface area (Å²) in [7, 11) is 0. The Morgan fingerprint density at radius 2 is 2.32 bits per heavy atom. The molecule has 22 heavy (non-hydrogen) atoms. The Hall–Kier alpha value is -1.80. The molecule has 0 amide bonds. The first-order valence-corrected chi connectivity index (χ1v) is 8.47. The van der Waals surface area contributed by atoms with Gasteiger partial charge in [-0.2, -0.15) is 5.10 Å². The molecule has 1 N–H and O–H groups in total. The molecule has 118 valence electrons. The summed E-state index contributed by atoms with van der Waals surface area (Å²) in [5.41, 5.74) is 1.69. The third-order valence-electron chi connectivity index (χ3n) is 3.98. The average molecular weight is 320 g/mol. The molecule has 7 nitrogen and oxygen atoms in total. The van der Waals surface area contributed by atoms with Crippen molar-refractivity contribution < 1.29 is 0 Å². The first-order valence-electron chi connectivity index (χ1n) is 7.59. The van der Waals surface area contributed by atoms with Gasteiger partial charge in [-0.25, -0.2) is 4.68 Å². The normalized spacial score (nSPS) is 19.2. The molecule has 0 bridgehead atoms. The fraction of sp³-hybridized carbons (Fsp3) is 0.571. The van der Waals surface area contributed by atoms with Gasteiger partial charge in [0.25, 0.3) is 5.56 Å². The van der Waals surface area contributed by atoms with E-state index in [9.17, 15) is 4.79 Å². The van der Waals surface area contributed by atoms with E-state index in [2.05, 4.69) is 25.5 Å². The molecule has 0 spiro atoms. The van der Waals surface area contributed by atoms with Crippen molar-refractivity contribution >= 4 is 16.5 Å². The number of nitrogens with zero attached hydrogens (tertiary/aromatic N) is 5. The highest BCUT2D eigenvalue weighted by Gasteiger charge is 2.22. The second kappa shape index (κ2) is 7.46.